The Bertz CT molecular complexity index is 819. The number of nitrogens with zero attached hydrogens (tertiary/aromatic N) is 1. The molecule has 0 spiro atoms. The molecule has 0 aromatic heterocycles. The van der Waals surface area contributed by atoms with Gasteiger partial charge >= 0.3 is 5.69 Å². The van der Waals surface area contributed by atoms with E-state index in [9.17, 15) is 19.3 Å². The maximum atomic E-state index is 13.3. The zero-order valence-electron chi connectivity index (χ0n) is 13.1. The Morgan fingerprint density at radius 1 is 1.21 bits per heavy atom. The SMILES string of the molecule is C[C@H](Oc1cc(F)ccc1[N+](=O)[O-])C(=O)c1ccc2c(c1)CCC2. The number of hydrogen-bond donors (Lipinski definition) is 0. The largest absolute Gasteiger partial charge is 0.475 e. The summed E-state index contributed by atoms with van der Waals surface area (Å²) in [5.41, 5.74) is 2.54. The van der Waals surface area contributed by atoms with Gasteiger partial charge in [0.15, 0.2) is 6.10 Å². The standard InChI is InChI=1S/C18H16FNO4/c1-11(24-17-10-15(19)7-8-16(17)20(22)23)18(21)14-6-5-12-3-2-4-13(12)9-14/h5-11H,2-4H2,1H3/t11-/m0/s1. The zero-order chi connectivity index (χ0) is 17.3. The molecule has 0 saturated heterocycles. The fraction of sp³-hybridized carbons (Fsp3) is 0.278. The summed E-state index contributed by atoms with van der Waals surface area (Å²) in [6.07, 6.45) is 2.09. The molecule has 2 aromatic carbocycles. The molecule has 1 aliphatic rings. The number of ether oxygens (including phenoxy) is 1. The number of carbonyl (C=O) groups excluding carboxylic acids is 1. The average molecular weight is 329 g/mol. The van der Waals surface area contributed by atoms with Gasteiger partial charge in [0.25, 0.3) is 0 Å². The van der Waals surface area contributed by atoms with Crippen LogP contribution in [-0.2, 0) is 12.8 Å². The maximum absolute atomic E-state index is 13.3. The summed E-state index contributed by atoms with van der Waals surface area (Å²) in [5, 5.41) is 11.0. The Hall–Kier alpha value is -2.76. The van der Waals surface area contributed by atoms with Gasteiger partial charge in [-0.3, -0.25) is 14.9 Å². The van der Waals surface area contributed by atoms with Gasteiger partial charge in [-0.25, -0.2) is 4.39 Å². The van der Waals surface area contributed by atoms with E-state index in [1.807, 2.05) is 12.1 Å². The van der Waals surface area contributed by atoms with Crippen molar-refractivity contribution in [1.29, 1.82) is 0 Å². The van der Waals surface area contributed by atoms with Crippen LogP contribution in [0.4, 0.5) is 10.1 Å². The quantitative estimate of drug-likeness (QED) is 0.474. The molecule has 1 aliphatic carbocycles. The Morgan fingerprint density at radius 3 is 2.71 bits per heavy atom. The van der Waals surface area contributed by atoms with E-state index in [0.717, 1.165) is 43.0 Å². The lowest BCUT2D eigenvalue weighted by molar-refractivity contribution is -0.386. The number of Topliss-reactive ketones (excluding diaryl/α,β-unsaturated/α-hetero) is 1. The van der Waals surface area contributed by atoms with E-state index in [4.69, 9.17) is 4.74 Å². The Morgan fingerprint density at radius 2 is 1.96 bits per heavy atom. The van der Waals surface area contributed by atoms with Crippen LogP contribution in [0.25, 0.3) is 0 Å². The molecule has 24 heavy (non-hydrogen) atoms. The van der Waals surface area contributed by atoms with E-state index in [1.54, 1.807) is 6.07 Å². The van der Waals surface area contributed by atoms with Crippen molar-refractivity contribution < 1.29 is 18.8 Å². The minimum absolute atomic E-state index is 0.248. The van der Waals surface area contributed by atoms with Crippen molar-refractivity contribution in [3.05, 3.63) is 69.0 Å². The van der Waals surface area contributed by atoms with E-state index in [1.165, 1.54) is 12.5 Å². The number of rotatable bonds is 5. The molecule has 0 unspecified atom stereocenters. The van der Waals surface area contributed by atoms with Crippen LogP contribution in [0.15, 0.2) is 36.4 Å². The molecule has 0 amide bonds. The first-order valence-corrected chi connectivity index (χ1v) is 7.72. The van der Waals surface area contributed by atoms with Gasteiger partial charge in [0, 0.05) is 17.7 Å². The van der Waals surface area contributed by atoms with Gasteiger partial charge in [-0.05, 0) is 49.4 Å². The van der Waals surface area contributed by atoms with Crippen LogP contribution in [0.3, 0.4) is 0 Å². The summed E-state index contributed by atoms with van der Waals surface area (Å²) in [7, 11) is 0. The summed E-state index contributed by atoms with van der Waals surface area (Å²) < 4.78 is 18.7. The molecule has 3 rings (SSSR count). The van der Waals surface area contributed by atoms with Crippen LogP contribution in [0.1, 0.15) is 34.8 Å². The molecule has 2 aromatic rings. The van der Waals surface area contributed by atoms with Crippen molar-refractivity contribution in [1.82, 2.24) is 0 Å². The monoisotopic (exact) mass is 329 g/mol. The van der Waals surface area contributed by atoms with Crippen LogP contribution in [0.5, 0.6) is 5.75 Å². The third-order valence-corrected chi connectivity index (χ3v) is 4.17. The van der Waals surface area contributed by atoms with Crippen LogP contribution in [-0.4, -0.2) is 16.8 Å². The molecular formula is C18H16FNO4. The predicted octanol–water partition coefficient (Wildman–Crippen LogP) is 3.87. The molecule has 0 radical (unpaired) electrons. The van der Waals surface area contributed by atoms with Crippen LogP contribution in [0.2, 0.25) is 0 Å². The first-order valence-electron chi connectivity index (χ1n) is 7.72. The lowest BCUT2D eigenvalue weighted by Crippen LogP contribution is -2.24. The fourth-order valence-electron chi connectivity index (χ4n) is 2.94. The Balaban J connectivity index is 1.82. The number of fused-ring (bicyclic) bond motifs is 1. The molecule has 0 fully saturated rings. The second-order valence-corrected chi connectivity index (χ2v) is 5.83. The highest BCUT2D eigenvalue weighted by atomic mass is 19.1. The van der Waals surface area contributed by atoms with Crippen molar-refractivity contribution in [2.45, 2.75) is 32.3 Å². The Labute approximate surface area is 138 Å². The van der Waals surface area contributed by atoms with E-state index in [-0.39, 0.29) is 17.2 Å². The second kappa shape index (κ2) is 6.39. The lowest BCUT2D eigenvalue weighted by atomic mass is 10.0. The van der Waals surface area contributed by atoms with E-state index >= 15 is 0 Å². The third kappa shape index (κ3) is 3.13. The molecule has 0 aliphatic heterocycles. The summed E-state index contributed by atoms with van der Waals surface area (Å²) in [6, 6.07) is 8.46. The number of ketones is 1. The summed E-state index contributed by atoms with van der Waals surface area (Å²) in [5.74, 6) is -1.20. The molecular weight excluding hydrogens is 313 g/mol. The number of halogens is 1. The highest BCUT2D eigenvalue weighted by molar-refractivity contribution is 5.99. The van der Waals surface area contributed by atoms with Crippen molar-refractivity contribution in [2.75, 3.05) is 0 Å². The smallest absolute Gasteiger partial charge is 0.311 e. The molecule has 1 atom stereocenters. The molecule has 0 saturated carbocycles. The summed E-state index contributed by atoms with van der Waals surface area (Å²) in [6.45, 7) is 1.50. The average Bonchev–Trinajstić information content (AvgIpc) is 3.01. The number of benzene rings is 2. The van der Waals surface area contributed by atoms with Crippen molar-refractivity contribution in [3.63, 3.8) is 0 Å². The number of hydrogen-bond acceptors (Lipinski definition) is 4. The second-order valence-electron chi connectivity index (χ2n) is 5.83. The van der Waals surface area contributed by atoms with Crippen molar-refractivity contribution in [2.24, 2.45) is 0 Å². The molecule has 0 N–H and O–H groups in total. The topological polar surface area (TPSA) is 69.4 Å². The van der Waals surface area contributed by atoms with Gasteiger partial charge in [0.1, 0.15) is 5.82 Å². The minimum atomic E-state index is -0.954. The highest BCUT2D eigenvalue weighted by Crippen LogP contribution is 2.29. The molecule has 0 heterocycles. The van der Waals surface area contributed by atoms with Crippen molar-refractivity contribution in [3.8, 4) is 5.75 Å². The van der Waals surface area contributed by atoms with Crippen LogP contribution in [0, 0.1) is 15.9 Å². The van der Waals surface area contributed by atoms with Crippen molar-refractivity contribution >= 4 is 11.5 Å². The zero-order valence-corrected chi connectivity index (χ0v) is 13.1. The van der Waals surface area contributed by atoms with Gasteiger partial charge in [-0.1, -0.05) is 12.1 Å². The number of nitro groups is 1. The molecule has 124 valence electrons. The van der Waals surface area contributed by atoms with Gasteiger partial charge in [0.2, 0.25) is 11.5 Å². The maximum Gasteiger partial charge on any atom is 0.311 e. The van der Waals surface area contributed by atoms with Crippen LogP contribution < -0.4 is 4.74 Å². The lowest BCUT2D eigenvalue weighted by Gasteiger charge is -2.14. The Kier molecular flexibility index (Phi) is 4.29. The van der Waals surface area contributed by atoms with Gasteiger partial charge < -0.3 is 4.74 Å². The van der Waals surface area contributed by atoms with Gasteiger partial charge in [0.05, 0.1) is 4.92 Å². The molecule has 6 heteroatoms. The summed E-state index contributed by atoms with van der Waals surface area (Å²) >= 11 is 0. The fourth-order valence-corrected chi connectivity index (χ4v) is 2.94. The number of carbonyl (C=O) groups is 1. The van der Waals surface area contributed by atoms with Gasteiger partial charge in [-0.15, -0.1) is 0 Å². The normalized spacial score (nSPS) is 14.1. The molecule has 5 nitrogen and oxygen atoms in total. The first-order chi connectivity index (χ1) is 11.5. The van der Waals surface area contributed by atoms with Crippen LogP contribution >= 0.6 is 0 Å². The highest BCUT2D eigenvalue weighted by Gasteiger charge is 2.23. The predicted molar refractivity (Wildman–Crippen MR) is 85.9 cm³/mol. The summed E-state index contributed by atoms with van der Waals surface area (Å²) in [4.78, 5) is 22.9. The van der Waals surface area contributed by atoms with E-state index in [0.29, 0.717) is 5.56 Å². The minimum Gasteiger partial charge on any atom is -0.475 e. The molecule has 0 bridgehead atoms. The first kappa shape index (κ1) is 16.1. The number of aryl methyl sites for hydroxylation is 2. The third-order valence-electron chi connectivity index (χ3n) is 4.17. The number of nitro benzene ring substituents is 1. The van der Waals surface area contributed by atoms with Gasteiger partial charge in [-0.2, -0.15) is 0 Å². The van der Waals surface area contributed by atoms with E-state index < -0.39 is 16.8 Å². The van der Waals surface area contributed by atoms with E-state index in [2.05, 4.69) is 0 Å².